The first kappa shape index (κ1) is 20.2. The van der Waals surface area contributed by atoms with Gasteiger partial charge in [-0.15, -0.1) is 11.8 Å². The molecule has 1 aliphatic rings. The quantitative estimate of drug-likeness (QED) is 0.624. The Morgan fingerprint density at radius 3 is 2.60 bits per heavy atom. The number of halogens is 1. The molecule has 0 aliphatic carbocycles. The van der Waals surface area contributed by atoms with Gasteiger partial charge in [0.15, 0.2) is 0 Å². The Morgan fingerprint density at radius 2 is 1.93 bits per heavy atom. The lowest BCUT2D eigenvalue weighted by Crippen LogP contribution is -2.28. The second-order valence-electron chi connectivity index (χ2n) is 7.13. The third-order valence-corrected chi connectivity index (χ3v) is 6.31. The standard InChI is InChI=1S/C23H21FN2O3S/c1-15(16-8-10-19(24)11-9-16)25-22(28)17-4-6-18(7-5-17)23-26(21(27)14-30-23)13-20-3-2-12-29-20/h2-12,15,23H,13-14H2,1H3,(H,25,28)/t15-,23-/m1/s1. The zero-order chi connectivity index (χ0) is 21.1. The predicted molar refractivity (Wildman–Crippen MR) is 113 cm³/mol. The molecular weight excluding hydrogens is 403 g/mol. The molecule has 0 unspecified atom stereocenters. The summed E-state index contributed by atoms with van der Waals surface area (Å²) >= 11 is 1.56. The first-order chi connectivity index (χ1) is 14.5. The number of carbonyl (C=O) groups is 2. The van der Waals surface area contributed by atoms with Crippen LogP contribution in [0.1, 0.15) is 45.6 Å². The van der Waals surface area contributed by atoms with Crippen molar-refractivity contribution in [1.82, 2.24) is 10.2 Å². The molecule has 1 fully saturated rings. The van der Waals surface area contributed by atoms with Crippen molar-refractivity contribution >= 4 is 23.6 Å². The van der Waals surface area contributed by atoms with E-state index in [1.807, 2.05) is 25.1 Å². The van der Waals surface area contributed by atoms with Crippen LogP contribution < -0.4 is 5.32 Å². The highest BCUT2D eigenvalue weighted by atomic mass is 32.2. The number of thioether (sulfide) groups is 1. The summed E-state index contributed by atoms with van der Waals surface area (Å²) in [6.07, 6.45) is 1.60. The Hall–Kier alpha value is -3.06. The van der Waals surface area contributed by atoms with Crippen molar-refractivity contribution in [2.45, 2.75) is 24.9 Å². The van der Waals surface area contributed by atoms with E-state index in [0.717, 1.165) is 16.9 Å². The summed E-state index contributed by atoms with van der Waals surface area (Å²) in [5, 5.41) is 2.81. The van der Waals surface area contributed by atoms with E-state index < -0.39 is 0 Å². The van der Waals surface area contributed by atoms with Crippen LogP contribution in [-0.4, -0.2) is 22.5 Å². The van der Waals surface area contributed by atoms with E-state index in [9.17, 15) is 14.0 Å². The van der Waals surface area contributed by atoms with Gasteiger partial charge < -0.3 is 14.6 Å². The lowest BCUT2D eigenvalue weighted by atomic mass is 10.1. The van der Waals surface area contributed by atoms with Gasteiger partial charge in [-0.05, 0) is 54.4 Å². The van der Waals surface area contributed by atoms with Gasteiger partial charge in [-0.1, -0.05) is 24.3 Å². The Kier molecular flexibility index (Phi) is 5.90. The van der Waals surface area contributed by atoms with Crippen molar-refractivity contribution in [3.63, 3.8) is 0 Å². The molecule has 2 aromatic carbocycles. The second-order valence-corrected chi connectivity index (χ2v) is 8.20. The average molecular weight is 424 g/mol. The van der Waals surface area contributed by atoms with E-state index >= 15 is 0 Å². The molecule has 7 heteroatoms. The number of hydrogen-bond acceptors (Lipinski definition) is 4. The highest BCUT2D eigenvalue weighted by molar-refractivity contribution is 8.00. The fourth-order valence-corrected chi connectivity index (χ4v) is 4.57. The molecule has 3 aromatic rings. The van der Waals surface area contributed by atoms with Crippen molar-refractivity contribution in [2.24, 2.45) is 0 Å². The molecule has 30 heavy (non-hydrogen) atoms. The fourth-order valence-electron chi connectivity index (χ4n) is 3.39. The van der Waals surface area contributed by atoms with Crippen molar-refractivity contribution in [1.29, 1.82) is 0 Å². The molecule has 154 valence electrons. The monoisotopic (exact) mass is 424 g/mol. The summed E-state index contributed by atoms with van der Waals surface area (Å²) in [5.41, 5.74) is 2.32. The summed E-state index contributed by atoms with van der Waals surface area (Å²) in [6, 6.07) is 16.8. The molecule has 1 saturated heterocycles. The van der Waals surface area contributed by atoms with Crippen LogP contribution in [0.5, 0.6) is 0 Å². The number of carbonyl (C=O) groups excluding carboxylic acids is 2. The fraction of sp³-hybridized carbons (Fsp3) is 0.217. The third kappa shape index (κ3) is 4.41. The van der Waals surface area contributed by atoms with Crippen molar-refractivity contribution < 1.29 is 18.4 Å². The Labute approximate surface area is 178 Å². The number of nitrogens with one attached hydrogen (secondary N) is 1. The van der Waals surface area contributed by atoms with Crippen LogP contribution >= 0.6 is 11.8 Å². The van der Waals surface area contributed by atoms with Gasteiger partial charge in [-0.3, -0.25) is 9.59 Å². The zero-order valence-corrected chi connectivity index (χ0v) is 17.2. The normalized spacial score (nSPS) is 17.2. The second kappa shape index (κ2) is 8.75. The van der Waals surface area contributed by atoms with E-state index in [1.54, 1.807) is 53.3 Å². The van der Waals surface area contributed by atoms with E-state index in [0.29, 0.717) is 17.9 Å². The molecule has 1 N–H and O–H groups in total. The minimum Gasteiger partial charge on any atom is -0.467 e. The summed E-state index contributed by atoms with van der Waals surface area (Å²) < 4.78 is 18.5. The highest BCUT2D eigenvalue weighted by Crippen LogP contribution is 2.39. The molecule has 0 saturated carbocycles. The summed E-state index contributed by atoms with van der Waals surface area (Å²) in [7, 11) is 0. The van der Waals surface area contributed by atoms with Gasteiger partial charge in [-0.25, -0.2) is 4.39 Å². The third-order valence-electron chi connectivity index (χ3n) is 5.05. The van der Waals surface area contributed by atoms with Gasteiger partial charge in [0, 0.05) is 5.56 Å². The maximum Gasteiger partial charge on any atom is 0.251 e. The van der Waals surface area contributed by atoms with Gasteiger partial charge in [0.05, 0.1) is 24.6 Å². The molecule has 0 radical (unpaired) electrons. The number of amides is 2. The van der Waals surface area contributed by atoms with Crippen LogP contribution in [0, 0.1) is 5.82 Å². The Balaban J connectivity index is 1.43. The van der Waals surface area contributed by atoms with Gasteiger partial charge >= 0.3 is 0 Å². The van der Waals surface area contributed by atoms with Crippen LogP contribution in [0.25, 0.3) is 0 Å². The molecule has 0 bridgehead atoms. The number of rotatable bonds is 6. The zero-order valence-electron chi connectivity index (χ0n) is 16.4. The SMILES string of the molecule is C[C@@H](NC(=O)c1ccc([C@H]2SCC(=O)N2Cc2ccco2)cc1)c1ccc(F)cc1. The van der Waals surface area contributed by atoms with Gasteiger partial charge in [0.2, 0.25) is 5.91 Å². The first-order valence-corrected chi connectivity index (χ1v) is 10.7. The smallest absolute Gasteiger partial charge is 0.251 e. The van der Waals surface area contributed by atoms with E-state index in [-0.39, 0.29) is 29.0 Å². The summed E-state index contributed by atoms with van der Waals surface area (Å²) in [4.78, 5) is 26.7. The van der Waals surface area contributed by atoms with Gasteiger partial charge in [-0.2, -0.15) is 0 Å². The molecule has 5 nitrogen and oxygen atoms in total. The molecule has 2 atom stereocenters. The van der Waals surface area contributed by atoms with Crippen LogP contribution in [0.3, 0.4) is 0 Å². The first-order valence-electron chi connectivity index (χ1n) is 9.61. The molecule has 2 amide bonds. The minimum atomic E-state index is -0.308. The number of furan rings is 1. The number of hydrogen-bond donors (Lipinski definition) is 1. The lowest BCUT2D eigenvalue weighted by Gasteiger charge is -2.23. The topological polar surface area (TPSA) is 62.6 Å². The van der Waals surface area contributed by atoms with Crippen molar-refractivity contribution in [2.75, 3.05) is 5.75 Å². The maximum absolute atomic E-state index is 13.1. The highest BCUT2D eigenvalue weighted by Gasteiger charge is 2.33. The van der Waals surface area contributed by atoms with E-state index in [1.165, 1.54) is 12.1 Å². The summed E-state index contributed by atoms with van der Waals surface area (Å²) in [6.45, 7) is 2.27. The van der Waals surface area contributed by atoms with Crippen LogP contribution in [0.15, 0.2) is 71.3 Å². The van der Waals surface area contributed by atoms with Crippen molar-refractivity contribution in [3.05, 3.63) is 95.2 Å². The van der Waals surface area contributed by atoms with Crippen molar-refractivity contribution in [3.8, 4) is 0 Å². The maximum atomic E-state index is 13.1. The summed E-state index contributed by atoms with van der Waals surface area (Å²) in [5.74, 6) is 0.708. The van der Waals surface area contributed by atoms with Gasteiger partial charge in [0.25, 0.3) is 5.91 Å². The Bertz CT molecular complexity index is 1020. The largest absolute Gasteiger partial charge is 0.467 e. The molecule has 0 spiro atoms. The Morgan fingerprint density at radius 1 is 1.20 bits per heavy atom. The van der Waals surface area contributed by atoms with E-state index in [4.69, 9.17) is 4.42 Å². The lowest BCUT2D eigenvalue weighted by molar-refractivity contribution is -0.128. The molecule has 4 rings (SSSR count). The average Bonchev–Trinajstić information content (AvgIpc) is 3.39. The van der Waals surface area contributed by atoms with Crippen LogP contribution in [-0.2, 0) is 11.3 Å². The van der Waals surface area contributed by atoms with E-state index in [2.05, 4.69) is 5.32 Å². The molecule has 1 aliphatic heterocycles. The predicted octanol–water partition coefficient (Wildman–Crippen LogP) is 4.68. The van der Waals surface area contributed by atoms with Crippen LogP contribution in [0.4, 0.5) is 4.39 Å². The van der Waals surface area contributed by atoms with Gasteiger partial charge in [0.1, 0.15) is 17.0 Å². The molecule has 1 aromatic heterocycles. The molecular formula is C23H21FN2O3S. The molecule has 2 heterocycles. The van der Waals surface area contributed by atoms with Crippen LogP contribution in [0.2, 0.25) is 0 Å². The number of nitrogens with zero attached hydrogens (tertiary/aromatic N) is 1. The number of benzene rings is 2. The minimum absolute atomic E-state index is 0.0661.